The maximum atomic E-state index is 15.0. The second-order valence-corrected chi connectivity index (χ2v) is 8.21. The van der Waals surface area contributed by atoms with E-state index in [0.717, 1.165) is 23.2 Å². The Morgan fingerprint density at radius 2 is 1.85 bits per heavy atom. The molecule has 0 spiro atoms. The van der Waals surface area contributed by atoms with Crippen LogP contribution < -0.4 is 5.73 Å². The number of aromatic nitrogens is 4. The number of nitrogens with two attached hydrogens (primary N) is 1. The van der Waals surface area contributed by atoms with Gasteiger partial charge >= 0.3 is 0 Å². The molecule has 2 aromatic carbocycles. The highest BCUT2D eigenvalue weighted by atomic mass is 35.5. The fourth-order valence-corrected chi connectivity index (χ4v) is 4.39. The minimum atomic E-state index is -0.435. The molecule has 0 saturated carbocycles. The summed E-state index contributed by atoms with van der Waals surface area (Å²) in [6.07, 6.45) is 4.22. The van der Waals surface area contributed by atoms with Crippen LogP contribution in [0.3, 0.4) is 0 Å². The molecular formula is C25H19ClFN7. The van der Waals surface area contributed by atoms with E-state index in [0.29, 0.717) is 44.0 Å². The Morgan fingerprint density at radius 1 is 1.06 bits per heavy atom. The molecular weight excluding hydrogens is 453 g/mol. The van der Waals surface area contributed by atoms with E-state index in [1.54, 1.807) is 18.5 Å². The third-order valence-electron chi connectivity index (χ3n) is 5.65. The molecule has 5 rings (SSSR count). The smallest absolute Gasteiger partial charge is 0.134 e. The van der Waals surface area contributed by atoms with Gasteiger partial charge in [0.05, 0.1) is 27.1 Å². The summed E-state index contributed by atoms with van der Waals surface area (Å²) in [6.45, 7) is 3.75. The molecule has 3 aromatic heterocycles. The Hall–Kier alpha value is -4.17. The number of imidazole rings is 1. The lowest BCUT2D eigenvalue weighted by Gasteiger charge is -2.13. The lowest BCUT2D eigenvalue weighted by Crippen LogP contribution is -2.14. The first kappa shape index (κ1) is 21.7. The van der Waals surface area contributed by atoms with Crippen molar-refractivity contribution >= 4 is 45.7 Å². The van der Waals surface area contributed by atoms with Crippen LogP contribution in [-0.4, -0.2) is 31.7 Å². The van der Waals surface area contributed by atoms with E-state index in [-0.39, 0.29) is 5.84 Å². The summed E-state index contributed by atoms with van der Waals surface area (Å²) in [4.78, 5) is 17.3. The molecule has 3 N–H and O–H groups in total. The van der Waals surface area contributed by atoms with Crippen molar-refractivity contribution in [3.63, 3.8) is 0 Å². The minimum absolute atomic E-state index is 0.158. The van der Waals surface area contributed by atoms with Crippen LogP contribution in [-0.2, 0) is 0 Å². The average Bonchev–Trinajstić information content (AvgIpc) is 3.16. The number of hydrogen-bond donors (Lipinski definition) is 2. The van der Waals surface area contributed by atoms with Gasteiger partial charge in [-0.1, -0.05) is 11.6 Å². The number of hydrogen-bond acceptors (Lipinski definition) is 4. The van der Waals surface area contributed by atoms with Crippen molar-refractivity contribution in [3.05, 3.63) is 82.8 Å². The molecule has 0 aliphatic heterocycles. The van der Waals surface area contributed by atoms with Gasteiger partial charge in [0.15, 0.2) is 0 Å². The zero-order valence-electron chi connectivity index (χ0n) is 18.3. The number of aliphatic imine (C=N–C) groups is 1. The van der Waals surface area contributed by atoms with Crippen LogP contribution in [0.4, 0.5) is 4.39 Å². The van der Waals surface area contributed by atoms with Crippen LogP contribution >= 0.6 is 11.6 Å². The van der Waals surface area contributed by atoms with Crippen LogP contribution in [0.25, 0.3) is 38.8 Å². The summed E-state index contributed by atoms with van der Waals surface area (Å²) >= 11 is 6.33. The van der Waals surface area contributed by atoms with E-state index in [4.69, 9.17) is 27.7 Å². The topological polar surface area (TPSA) is 106 Å². The van der Waals surface area contributed by atoms with Gasteiger partial charge in [-0.2, -0.15) is 0 Å². The van der Waals surface area contributed by atoms with Crippen molar-refractivity contribution in [2.24, 2.45) is 10.7 Å². The second kappa shape index (κ2) is 8.31. The normalized spacial score (nSPS) is 11.9. The summed E-state index contributed by atoms with van der Waals surface area (Å²) in [5.41, 5.74) is 11.7. The first-order valence-corrected chi connectivity index (χ1v) is 10.8. The number of benzene rings is 2. The van der Waals surface area contributed by atoms with Gasteiger partial charge in [-0.05, 0) is 67.4 Å². The number of nitrogens with one attached hydrogen (secondary N) is 1. The highest BCUT2D eigenvalue weighted by Gasteiger charge is 2.20. The van der Waals surface area contributed by atoms with Gasteiger partial charge < -0.3 is 5.73 Å². The van der Waals surface area contributed by atoms with Crippen LogP contribution in [0, 0.1) is 25.1 Å². The maximum Gasteiger partial charge on any atom is 0.134 e. The first-order chi connectivity index (χ1) is 16.4. The molecule has 168 valence electrons. The highest BCUT2D eigenvalue weighted by Crippen LogP contribution is 2.34. The number of fused-ring (bicyclic) bond motifs is 2. The number of rotatable bonds is 4. The SMILES string of the molecule is Cc1cc(-c2cc(C(N)=NC=N)c3nc(C)n(-c4ccnc5c(Cl)ccc(F)c45)c3c2)ccn1. The molecule has 9 heteroatoms. The van der Waals surface area contributed by atoms with E-state index in [1.807, 2.05) is 42.7 Å². The van der Waals surface area contributed by atoms with E-state index in [2.05, 4.69) is 15.0 Å². The predicted molar refractivity (Wildman–Crippen MR) is 134 cm³/mol. The molecule has 0 unspecified atom stereocenters. The number of halogens is 2. The molecule has 0 aliphatic rings. The van der Waals surface area contributed by atoms with E-state index in [9.17, 15) is 0 Å². The van der Waals surface area contributed by atoms with Gasteiger partial charge in [-0.25, -0.2) is 14.4 Å². The van der Waals surface area contributed by atoms with Gasteiger partial charge in [0, 0.05) is 23.7 Å². The van der Waals surface area contributed by atoms with Crippen molar-refractivity contribution in [2.45, 2.75) is 13.8 Å². The Balaban J connectivity index is 1.91. The van der Waals surface area contributed by atoms with Crippen molar-refractivity contribution in [1.82, 2.24) is 19.5 Å². The largest absolute Gasteiger partial charge is 0.383 e. The number of nitrogens with zero attached hydrogens (tertiary/aromatic N) is 5. The van der Waals surface area contributed by atoms with E-state index >= 15 is 4.39 Å². The third kappa shape index (κ3) is 3.48. The number of amidine groups is 1. The quantitative estimate of drug-likeness (QED) is 0.272. The van der Waals surface area contributed by atoms with Crippen molar-refractivity contribution in [3.8, 4) is 16.8 Å². The summed E-state index contributed by atoms with van der Waals surface area (Å²) < 4.78 is 16.9. The Labute approximate surface area is 199 Å². The minimum Gasteiger partial charge on any atom is -0.383 e. The molecule has 0 fully saturated rings. The fraction of sp³-hybridized carbons (Fsp3) is 0.0800. The molecule has 0 aliphatic carbocycles. The molecule has 7 nitrogen and oxygen atoms in total. The standard InChI is InChI=1S/C25H19ClFN7/c1-13-9-15(5-7-30-13)16-10-17(25(29)32-12-28)23-21(11-16)34(14(2)33-23)20-6-8-31-24-18(26)3-4-19(27)22(20)24/h3-12H,1-2H3,(H3,28,29,32). The average molecular weight is 472 g/mol. The van der Waals surface area contributed by atoms with Gasteiger partial charge in [0.1, 0.15) is 29.3 Å². The molecule has 0 radical (unpaired) electrons. The van der Waals surface area contributed by atoms with Crippen LogP contribution in [0.1, 0.15) is 17.1 Å². The van der Waals surface area contributed by atoms with E-state index < -0.39 is 5.82 Å². The first-order valence-electron chi connectivity index (χ1n) is 10.4. The van der Waals surface area contributed by atoms with Gasteiger partial charge in [0.25, 0.3) is 0 Å². The maximum absolute atomic E-state index is 15.0. The molecule has 0 bridgehead atoms. The van der Waals surface area contributed by atoms with Crippen molar-refractivity contribution in [1.29, 1.82) is 5.41 Å². The van der Waals surface area contributed by atoms with Crippen LogP contribution in [0.5, 0.6) is 0 Å². The van der Waals surface area contributed by atoms with Gasteiger partial charge in [-0.3, -0.25) is 19.9 Å². The summed E-state index contributed by atoms with van der Waals surface area (Å²) in [5, 5.41) is 8.02. The monoisotopic (exact) mass is 471 g/mol. The zero-order chi connectivity index (χ0) is 24.0. The molecule has 0 atom stereocenters. The van der Waals surface area contributed by atoms with Gasteiger partial charge in [-0.15, -0.1) is 0 Å². The third-order valence-corrected chi connectivity index (χ3v) is 5.95. The number of aryl methyl sites for hydroxylation is 2. The molecule has 0 saturated heterocycles. The van der Waals surface area contributed by atoms with E-state index in [1.165, 1.54) is 12.1 Å². The molecule has 0 amide bonds. The Kier molecular flexibility index (Phi) is 5.30. The number of pyridine rings is 2. The van der Waals surface area contributed by atoms with Crippen molar-refractivity contribution < 1.29 is 4.39 Å². The Morgan fingerprint density at radius 3 is 2.62 bits per heavy atom. The Bertz CT molecular complexity index is 1640. The molecule has 3 heterocycles. The second-order valence-electron chi connectivity index (χ2n) is 7.80. The van der Waals surface area contributed by atoms with Crippen LogP contribution in [0.2, 0.25) is 5.02 Å². The highest BCUT2D eigenvalue weighted by molar-refractivity contribution is 6.35. The lowest BCUT2D eigenvalue weighted by atomic mass is 10.0. The summed E-state index contributed by atoms with van der Waals surface area (Å²) in [7, 11) is 0. The van der Waals surface area contributed by atoms with Gasteiger partial charge in [0.2, 0.25) is 0 Å². The molecule has 5 aromatic rings. The zero-order valence-corrected chi connectivity index (χ0v) is 19.1. The predicted octanol–water partition coefficient (Wildman–Crippen LogP) is 5.36. The van der Waals surface area contributed by atoms with Crippen molar-refractivity contribution in [2.75, 3.05) is 0 Å². The summed E-state index contributed by atoms with van der Waals surface area (Å²) in [5.74, 6) is 0.342. The lowest BCUT2D eigenvalue weighted by molar-refractivity contribution is 0.639. The summed E-state index contributed by atoms with van der Waals surface area (Å²) in [6, 6.07) is 12.3. The fourth-order valence-electron chi connectivity index (χ4n) is 4.19. The van der Waals surface area contributed by atoms with Crippen LogP contribution in [0.15, 0.2) is 59.9 Å². The molecule has 34 heavy (non-hydrogen) atoms.